The fraction of sp³-hybridized carbons (Fsp3) is 0.621. The third-order valence-electron chi connectivity index (χ3n) is 6.50. The first-order valence-corrected chi connectivity index (χ1v) is 12.1. The van der Waals surface area contributed by atoms with Crippen molar-refractivity contribution in [2.45, 2.75) is 117 Å². The van der Waals surface area contributed by atoms with Gasteiger partial charge in [0.25, 0.3) is 0 Å². The normalized spacial score (nSPS) is 20.4. The number of hydrogen-bond donors (Lipinski definition) is 2. The molecule has 2 atom stereocenters. The molecule has 1 aliphatic rings. The van der Waals surface area contributed by atoms with Gasteiger partial charge in [-0.2, -0.15) is 0 Å². The number of aromatic hydroxyl groups is 1. The van der Waals surface area contributed by atoms with E-state index in [9.17, 15) is 10.2 Å². The average molecular weight is 515 g/mol. The Morgan fingerprint density at radius 3 is 2.03 bits per heavy atom. The van der Waals surface area contributed by atoms with Crippen LogP contribution in [0.4, 0.5) is 0 Å². The summed E-state index contributed by atoms with van der Waals surface area (Å²) < 4.78 is 0. The molecule has 0 heterocycles. The van der Waals surface area contributed by atoms with Gasteiger partial charge in [-0.15, -0.1) is 0 Å². The van der Waals surface area contributed by atoms with Gasteiger partial charge in [-0.1, -0.05) is 67.4 Å². The van der Waals surface area contributed by atoms with E-state index in [1.54, 1.807) is 6.92 Å². The van der Waals surface area contributed by atoms with E-state index >= 15 is 0 Å². The maximum Gasteiger partial charge on any atom is 0.128 e. The number of phenolic OH excluding ortho intramolecular Hbond substituents is 1. The van der Waals surface area contributed by atoms with Crippen LogP contribution in [0.15, 0.2) is 33.4 Å². The second kappa shape index (κ2) is 12.9. The van der Waals surface area contributed by atoms with E-state index in [0.717, 1.165) is 54.5 Å². The molecule has 2 N–H and O–H groups in total. The predicted octanol–water partition coefficient (Wildman–Crippen LogP) is 7.87. The predicted molar refractivity (Wildman–Crippen MR) is 144 cm³/mol. The molecule has 0 amide bonds. The Hall–Kier alpha value is -1.59. The molecule has 195 valence electrons. The van der Waals surface area contributed by atoms with Crippen molar-refractivity contribution in [1.82, 2.24) is 0 Å². The van der Waals surface area contributed by atoms with E-state index in [2.05, 4.69) is 53.7 Å². The maximum atomic E-state index is 11.1. The molecule has 1 saturated carbocycles. The summed E-state index contributed by atoms with van der Waals surface area (Å²) in [6, 6.07) is 4.41. The van der Waals surface area contributed by atoms with E-state index in [4.69, 9.17) is 9.98 Å². The minimum absolute atomic E-state index is 0. The standard InChI is InChI=1S/C28H44N2O2.CH3.Co/c1-10-22(19(3)31)18(2)30-25-14-12-11-13-24(25)29-17-20-15-21(27(4,5)6)16-23(26(20)32)28(7,8)9;;/h15-17,24-25,31-32H,10-14H2,1-9H3;1H3;/q;-1;/b22-19-,29-17?,30-18?;;. The first-order chi connectivity index (χ1) is 14.8. The molecule has 0 aliphatic heterocycles. The summed E-state index contributed by atoms with van der Waals surface area (Å²) in [7, 11) is 0. The van der Waals surface area contributed by atoms with Crippen molar-refractivity contribution < 1.29 is 27.0 Å². The van der Waals surface area contributed by atoms with Gasteiger partial charge in [0.1, 0.15) is 5.75 Å². The number of rotatable bonds is 5. The second-order valence-corrected chi connectivity index (χ2v) is 11.3. The summed E-state index contributed by atoms with van der Waals surface area (Å²) >= 11 is 0. The van der Waals surface area contributed by atoms with Crippen LogP contribution in [-0.4, -0.2) is 34.2 Å². The third kappa shape index (κ3) is 8.26. The van der Waals surface area contributed by atoms with Gasteiger partial charge < -0.3 is 17.6 Å². The van der Waals surface area contributed by atoms with Gasteiger partial charge in [0.05, 0.1) is 17.8 Å². The Balaban J connectivity index is 0.00000544. The topological polar surface area (TPSA) is 65.2 Å². The molecule has 2 unspecified atom stereocenters. The molecule has 1 aliphatic carbocycles. The zero-order valence-electron chi connectivity index (χ0n) is 23.0. The first kappa shape index (κ1) is 32.4. The molecule has 2 rings (SSSR count). The summed E-state index contributed by atoms with van der Waals surface area (Å²) in [5.74, 6) is 0.677. The van der Waals surface area contributed by atoms with Crippen LogP contribution in [0.25, 0.3) is 0 Å². The SMILES string of the molecule is CC/C(C(C)=NC1CCCCC1N=Cc1cc(C(C)(C)C)cc(C(C)(C)C)c1O)=C(\C)O.[CH3-].[Co]. The second-order valence-electron chi connectivity index (χ2n) is 11.3. The summed E-state index contributed by atoms with van der Waals surface area (Å²) in [5, 5.41) is 21.1. The van der Waals surface area contributed by atoms with Gasteiger partial charge >= 0.3 is 0 Å². The van der Waals surface area contributed by atoms with Gasteiger partial charge in [0.15, 0.2) is 0 Å². The molecule has 0 saturated heterocycles. The van der Waals surface area contributed by atoms with Crippen molar-refractivity contribution in [3.63, 3.8) is 0 Å². The minimum atomic E-state index is -0.159. The van der Waals surface area contributed by atoms with Gasteiger partial charge in [-0.25, -0.2) is 0 Å². The molecular weight excluding hydrogens is 467 g/mol. The summed E-state index contributed by atoms with van der Waals surface area (Å²) in [6.45, 7) is 18.7. The zero-order valence-corrected chi connectivity index (χ0v) is 24.1. The minimum Gasteiger partial charge on any atom is -0.512 e. The van der Waals surface area contributed by atoms with Gasteiger partial charge in [-0.3, -0.25) is 9.98 Å². The van der Waals surface area contributed by atoms with E-state index in [1.165, 1.54) is 5.56 Å². The molecule has 1 radical (unpaired) electrons. The first-order valence-electron chi connectivity index (χ1n) is 12.1. The van der Waals surface area contributed by atoms with Crippen molar-refractivity contribution in [3.8, 4) is 5.75 Å². The van der Waals surface area contributed by atoms with Crippen LogP contribution in [0.5, 0.6) is 5.75 Å². The molecule has 0 aromatic heterocycles. The molecule has 4 nitrogen and oxygen atoms in total. The van der Waals surface area contributed by atoms with Crippen LogP contribution in [0, 0.1) is 7.43 Å². The number of aliphatic hydroxyl groups is 1. The molecule has 5 heteroatoms. The number of aliphatic imine (C=N–C) groups is 2. The molecule has 1 fully saturated rings. The van der Waals surface area contributed by atoms with Crippen molar-refractivity contribution >= 4 is 11.9 Å². The Kier molecular flexibility index (Phi) is 12.3. The molecule has 1 aromatic carbocycles. The Bertz CT molecular complexity index is 898. The largest absolute Gasteiger partial charge is 0.512 e. The van der Waals surface area contributed by atoms with Crippen LogP contribution in [0.1, 0.15) is 111 Å². The van der Waals surface area contributed by atoms with Crippen LogP contribution >= 0.6 is 0 Å². The van der Waals surface area contributed by atoms with Gasteiger partial charge in [0, 0.05) is 45.4 Å². The Morgan fingerprint density at radius 2 is 1.56 bits per heavy atom. The smallest absolute Gasteiger partial charge is 0.128 e. The molecule has 34 heavy (non-hydrogen) atoms. The molecule has 1 aromatic rings. The third-order valence-corrected chi connectivity index (χ3v) is 6.50. The zero-order chi connectivity index (χ0) is 24.3. The van der Waals surface area contributed by atoms with Gasteiger partial charge in [-0.05, 0) is 55.6 Å². The van der Waals surface area contributed by atoms with Crippen LogP contribution in [-0.2, 0) is 27.6 Å². The Labute approximate surface area is 219 Å². The average Bonchev–Trinajstić information content (AvgIpc) is 2.66. The number of benzene rings is 1. The summed E-state index contributed by atoms with van der Waals surface area (Å²) in [6.07, 6.45) is 6.91. The quantitative estimate of drug-likeness (QED) is 0.239. The number of phenols is 1. The van der Waals surface area contributed by atoms with E-state index in [1.807, 2.05) is 20.1 Å². The van der Waals surface area contributed by atoms with Crippen LogP contribution in [0.2, 0.25) is 0 Å². The van der Waals surface area contributed by atoms with E-state index in [0.29, 0.717) is 11.5 Å². The monoisotopic (exact) mass is 514 g/mol. The van der Waals surface area contributed by atoms with Crippen molar-refractivity contribution in [2.24, 2.45) is 9.98 Å². The van der Waals surface area contributed by atoms with Crippen molar-refractivity contribution in [1.29, 1.82) is 0 Å². The summed E-state index contributed by atoms with van der Waals surface area (Å²) in [5.41, 5.74) is 4.59. The van der Waals surface area contributed by atoms with Crippen molar-refractivity contribution in [2.75, 3.05) is 0 Å². The maximum absolute atomic E-state index is 11.1. The fourth-order valence-electron chi connectivity index (χ4n) is 4.45. The fourth-order valence-corrected chi connectivity index (χ4v) is 4.45. The summed E-state index contributed by atoms with van der Waals surface area (Å²) in [4.78, 5) is 9.94. The number of aliphatic hydroxyl groups excluding tert-OH is 1. The molecular formula is C29H47CoN2O2-. The van der Waals surface area contributed by atoms with Crippen molar-refractivity contribution in [3.05, 3.63) is 47.6 Å². The van der Waals surface area contributed by atoms with E-state index < -0.39 is 0 Å². The number of allylic oxidation sites excluding steroid dienone is 2. The molecule has 0 spiro atoms. The number of nitrogens with zero attached hydrogens (tertiary/aromatic N) is 2. The molecule has 0 bridgehead atoms. The van der Waals surface area contributed by atoms with Crippen LogP contribution < -0.4 is 0 Å². The Morgan fingerprint density at radius 1 is 1.00 bits per heavy atom. The van der Waals surface area contributed by atoms with E-state index in [-0.39, 0.29) is 47.1 Å². The number of hydrogen-bond acceptors (Lipinski definition) is 4. The van der Waals surface area contributed by atoms with Gasteiger partial charge in [0.2, 0.25) is 0 Å². The van der Waals surface area contributed by atoms with Crippen LogP contribution in [0.3, 0.4) is 0 Å².